The molecule has 3 nitrogen and oxygen atoms in total. The zero-order valence-corrected chi connectivity index (χ0v) is 10.2. The first-order chi connectivity index (χ1) is 8.86. The highest BCUT2D eigenvalue weighted by Crippen LogP contribution is 2.37. The summed E-state index contributed by atoms with van der Waals surface area (Å²) < 4.78 is 0. The maximum Gasteiger partial charge on any atom is 0.174 e. The minimum Gasteiger partial charge on any atom is -0.242 e. The fourth-order valence-corrected chi connectivity index (χ4v) is 2.18. The Kier molecular flexibility index (Phi) is 3.11. The van der Waals surface area contributed by atoms with Gasteiger partial charge in [0.1, 0.15) is 0 Å². The normalized spacial score (nSPS) is 24.3. The van der Waals surface area contributed by atoms with Gasteiger partial charge in [-0.05, 0) is 18.2 Å². The van der Waals surface area contributed by atoms with Gasteiger partial charge in [-0.15, -0.1) is 0 Å². The number of hydrogen-bond donors (Lipinski definition) is 0. The third-order valence-corrected chi connectivity index (χ3v) is 3.15. The van der Waals surface area contributed by atoms with E-state index in [1.165, 1.54) is 0 Å². The number of nitrogens with zero attached hydrogens (tertiary/aromatic N) is 1. The summed E-state index contributed by atoms with van der Waals surface area (Å²) in [4.78, 5) is 13.0. The lowest BCUT2D eigenvalue weighted by molar-refractivity contribution is -0.300. The highest BCUT2D eigenvalue weighted by atomic mass is 17.2. The smallest absolute Gasteiger partial charge is 0.174 e. The Morgan fingerprint density at radius 2 is 1.11 bits per heavy atom. The monoisotopic (exact) mass is 241 g/mol. The molecule has 0 radical (unpaired) electrons. The van der Waals surface area contributed by atoms with Gasteiger partial charge in [-0.25, -0.2) is 14.7 Å². The highest BCUT2D eigenvalue weighted by molar-refractivity contribution is 5.21. The first-order valence-corrected chi connectivity index (χ1v) is 6.00. The summed E-state index contributed by atoms with van der Waals surface area (Å²) in [6, 6.07) is 20.2. The van der Waals surface area contributed by atoms with E-state index in [0.29, 0.717) is 0 Å². The van der Waals surface area contributed by atoms with Gasteiger partial charge in [0.25, 0.3) is 0 Å². The van der Waals surface area contributed by atoms with Crippen molar-refractivity contribution in [1.29, 1.82) is 0 Å². The second-order valence-corrected chi connectivity index (χ2v) is 4.38. The second kappa shape index (κ2) is 4.90. The van der Waals surface area contributed by atoms with Crippen molar-refractivity contribution in [1.82, 2.24) is 4.90 Å². The number of benzene rings is 2. The molecular weight excluding hydrogens is 226 g/mol. The lowest BCUT2D eigenvalue weighted by Crippen LogP contribution is -2.22. The van der Waals surface area contributed by atoms with Crippen molar-refractivity contribution in [3.05, 3.63) is 71.8 Å². The fourth-order valence-electron chi connectivity index (χ4n) is 2.18. The Morgan fingerprint density at radius 1 is 0.722 bits per heavy atom. The quantitative estimate of drug-likeness (QED) is 0.753. The molecule has 2 atom stereocenters. The zero-order chi connectivity index (χ0) is 12.4. The molecule has 1 saturated heterocycles. The van der Waals surface area contributed by atoms with Crippen molar-refractivity contribution in [2.75, 3.05) is 7.05 Å². The average molecular weight is 241 g/mol. The molecule has 0 aromatic heterocycles. The van der Waals surface area contributed by atoms with E-state index in [9.17, 15) is 0 Å². The molecule has 3 heteroatoms. The Morgan fingerprint density at radius 3 is 1.50 bits per heavy atom. The summed E-state index contributed by atoms with van der Waals surface area (Å²) in [6.07, 6.45) is -0.312. The van der Waals surface area contributed by atoms with E-state index < -0.39 is 0 Å². The van der Waals surface area contributed by atoms with Gasteiger partial charge in [-0.1, -0.05) is 60.7 Å². The van der Waals surface area contributed by atoms with E-state index in [2.05, 4.69) is 4.90 Å². The predicted molar refractivity (Wildman–Crippen MR) is 68.3 cm³/mol. The molecular formula is C15H15NO2. The lowest BCUT2D eigenvalue weighted by Gasteiger charge is -2.20. The largest absolute Gasteiger partial charge is 0.242 e. The van der Waals surface area contributed by atoms with Gasteiger partial charge in [-0.2, -0.15) is 0 Å². The van der Waals surface area contributed by atoms with E-state index in [0.717, 1.165) is 11.1 Å². The third-order valence-electron chi connectivity index (χ3n) is 3.15. The van der Waals surface area contributed by atoms with Crippen molar-refractivity contribution >= 4 is 0 Å². The van der Waals surface area contributed by atoms with Crippen LogP contribution in [0.5, 0.6) is 0 Å². The second-order valence-electron chi connectivity index (χ2n) is 4.38. The molecule has 2 aromatic carbocycles. The van der Waals surface area contributed by atoms with Crippen LogP contribution in [-0.2, 0) is 9.78 Å². The van der Waals surface area contributed by atoms with E-state index in [1.54, 1.807) is 0 Å². The minimum absolute atomic E-state index is 0.156. The molecule has 3 rings (SSSR count). The van der Waals surface area contributed by atoms with Crippen LogP contribution >= 0.6 is 0 Å². The number of rotatable bonds is 2. The molecule has 0 N–H and O–H groups in total. The Balaban J connectivity index is 1.83. The van der Waals surface area contributed by atoms with Crippen LogP contribution in [0.4, 0.5) is 0 Å². The van der Waals surface area contributed by atoms with Crippen LogP contribution in [0.15, 0.2) is 60.7 Å². The molecule has 18 heavy (non-hydrogen) atoms. The molecule has 1 heterocycles. The summed E-state index contributed by atoms with van der Waals surface area (Å²) in [7, 11) is 2.00. The molecule has 0 bridgehead atoms. The van der Waals surface area contributed by atoms with Gasteiger partial charge >= 0.3 is 0 Å². The summed E-state index contributed by atoms with van der Waals surface area (Å²) in [5.74, 6) is 0. The van der Waals surface area contributed by atoms with Crippen LogP contribution in [0.2, 0.25) is 0 Å². The lowest BCUT2D eigenvalue weighted by atomic mass is 10.1. The summed E-state index contributed by atoms with van der Waals surface area (Å²) in [5.41, 5.74) is 2.19. The van der Waals surface area contributed by atoms with Crippen molar-refractivity contribution < 1.29 is 9.78 Å². The predicted octanol–water partition coefficient (Wildman–Crippen LogP) is 3.28. The van der Waals surface area contributed by atoms with Gasteiger partial charge in [0.2, 0.25) is 0 Å². The summed E-state index contributed by atoms with van der Waals surface area (Å²) in [6.45, 7) is 0. The molecule has 92 valence electrons. The van der Waals surface area contributed by atoms with E-state index >= 15 is 0 Å². The van der Waals surface area contributed by atoms with Crippen molar-refractivity contribution in [2.45, 2.75) is 12.5 Å². The van der Waals surface area contributed by atoms with E-state index in [1.807, 2.05) is 67.7 Å². The maximum atomic E-state index is 5.44. The van der Waals surface area contributed by atoms with Gasteiger partial charge in [0.05, 0.1) is 0 Å². The van der Waals surface area contributed by atoms with Crippen LogP contribution in [0.1, 0.15) is 23.6 Å². The zero-order valence-electron chi connectivity index (χ0n) is 10.2. The molecule has 2 unspecified atom stereocenters. The summed E-state index contributed by atoms with van der Waals surface area (Å²) in [5, 5.41) is 0. The van der Waals surface area contributed by atoms with E-state index in [-0.39, 0.29) is 12.5 Å². The molecule has 0 spiro atoms. The molecule has 0 aliphatic carbocycles. The van der Waals surface area contributed by atoms with Crippen LogP contribution in [-0.4, -0.2) is 11.9 Å². The standard InChI is InChI=1S/C15H15NO2/c1-16-14(12-8-4-2-5-9-12)17-18-15(16)13-10-6-3-7-11-13/h2-11,14-15H,1H3. The molecule has 2 aromatic rings. The van der Waals surface area contributed by atoms with Crippen LogP contribution in [0.3, 0.4) is 0 Å². The van der Waals surface area contributed by atoms with E-state index in [4.69, 9.17) is 9.78 Å². The van der Waals surface area contributed by atoms with Crippen molar-refractivity contribution in [3.63, 3.8) is 0 Å². The molecule has 1 fully saturated rings. The number of hydrogen-bond acceptors (Lipinski definition) is 3. The van der Waals surface area contributed by atoms with Crippen LogP contribution < -0.4 is 0 Å². The van der Waals surface area contributed by atoms with Gasteiger partial charge in [0, 0.05) is 0 Å². The van der Waals surface area contributed by atoms with Gasteiger partial charge < -0.3 is 0 Å². The van der Waals surface area contributed by atoms with Crippen LogP contribution in [0, 0.1) is 0 Å². The van der Waals surface area contributed by atoms with Crippen LogP contribution in [0.25, 0.3) is 0 Å². The highest BCUT2D eigenvalue weighted by Gasteiger charge is 2.35. The molecule has 1 aliphatic rings. The summed E-state index contributed by atoms with van der Waals surface area (Å²) >= 11 is 0. The first-order valence-electron chi connectivity index (χ1n) is 6.00. The Labute approximate surface area is 106 Å². The van der Waals surface area contributed by atoms with Crippen molar-refractivity contribution in [3.8, 4) is 0 Å². The SMILES string of the molecule is CN1C(c2ccccc2)OOC1c1ccccc1. The first kappa shape index (κ1) is 11.4. The fraction of sp³-hybridized carbons (Fsp3) is 0.200. The molecule has 0 saturated carbocycles. The minimum atomic E-state index is -0.156. The molecule has 1 aliphatic heterocycles. The Bertz CT molecular complexity index is 453. The maximum absolute atomic E-state index is 5.44. The van der Waals surface area contributed by atoms with Gasteiger partial charge in [0.15, 0.2) is 12.5 Å². The van der Waals surface area contributed by atoms with Crippen molar-refractivity contribution in [2.24, 2.45) is 0 Å². The third kappa shape index (κ3) is 2.04. The average Bonchev–Trinajstić information content (AvgIpc) is 2.83. The Hall–Kier alpha value is -1.68. The topological polar surface area (TPSA) is 21.7 Å². The molecule has 0 amide bonds. The van der Waals surface area contributed by atoms with Gasteiger partial charge in [-0.3, -0.25) is 0 Å².